The number of aldehydes is 1. The molecule has 0 N–H and O–H groups in total. The van der Waals surface area contributed by atoms with Crippen LogP contribution in [0, 0.1) is 6.92 Å². The first-order valence-corrected chi connectivity index (χ1v) is 7.21. The van der Waals surface area contributed by atoms with E-state index in [1.54, 1.807) is 0 Å². The standard InChI is InChI=1S/C18H23ClO/c1-13(2)8-9-18(5,11-14(3)12-20)17-7-6-16(19)10-15(17)4/h6-8,10-12H,9H2,1-5H3/b14-11+. The Bertz CT molecular complexity index is 551. The molecule has 1 atom stereocenters. The van der Waals surface area contributed by atoms with Gasteiger partial charge in [-0.2, -0.15) is 0 Å². The summed E-state index contributed by atoms with van der Waals surface area (Å²) in [5.41, 5.74) is 4.19. The molecular weight excluding hydrogens is 268 g/mol. The molecule has 0 saturated heterocycles. The fraction of sp³-hybridized carbons (Fsp3) is 0.389. The normalized spacial score (nSPS) is 14.6. The van der Waals surface area contributed by atoms with Crippen LogP contribution in [0.15, 0.2) is 41.5 Å². The van der Waals surface area contributed by atoms with Crippen molar-refractivity contribution in [2.45, 2.75) is 46.5 Å². The SMILES string of the molecule is CC(C)=CCC(C)(/C=C(\C)C=O)c1ccc(Cl)cc1C. The number of benzene rings is 1. The van der Waals surface area contributed by atoms with Crippen LogP contribution in [-0.2, 0) is 10.2 Å². The van der Waals surface area contributed by atoms with Crippen molar-refractivity contribution in [3.63, 3.8) is 0 Å². The molecule has 0 bridgehead atoms. The van der Waals surface area contributed by atoms with Gasteiger partial charge in [-0.3, -0.25) is 4.79 Å². The van der Waals surface area contributed by atoms with Crippen LogP contribution >= 0.6 is 11.6 Å². The monoisotopic (exact) mass is 290 g/mol. The minimum absolute atomic E-state index is 0.197. The van der Waals surface area contributed by atoms with Gasteiger partial charge >= 0.3 is 0 Å². The van der Waals surface area contributed by atoms with E-state index in [0.717, 1.165) is 28.9 Å². The molecule has 0 spiro atoms. The fourth-order valence-electron chi connectivity index (χ4n) is 2.47. The van der Waals surface area contributed by atoms with Crippen molar-refractivity contribution in [3.05, 3.63) is 57.6 Å². The van der Waals surface area contributed by atoms with Gasteiger partial charge in [-0.05, 0) is 62.9 Å². The Morgan fingerprint density at radius 3 is 2.45 bits per heavy atom. The molecule has 0 aliphatic rings. The summed E-state index contributed by atoms with van der Waals surface area (Å²) in [5.74, 6) is 0. The molecule has 0 amide bonds. The zero-order valence-corrected chi connectivity index (χ0v) is 13.7. The lowest BCUT2D eigenvalue weighted by molar-refractivity contribution is -0.104. The third kappa shape index (κ3) is 4.35. The van der Waals surface area contributed by atoms with E-state index in [4.69, 9.17) is 11.6 Å². The minimum atomic E-state index is -0.197. The van der Waals surface area contributed by atoms with Gasteiger partial charge in [-0.25, -0.2) is 0 Å². The first kappa shape index (κ1) is 16.7. The molecule has 0 radical (unpaired) electrons. The first-order valence-electron chi connectivity index (χ1n) is 6.83. The molecule has 108 valence electrons. The van der Waals surface area contributed by atoms with E-state index in [1.807, 2.05) is 19.1 Å². The summed E-state index contributed by atoms with van der Waals surface area (Å²) < 4.78 is 0. The highest BCUT2D eigenvalue weighted by molar-refractivity contribution is 6.30. The van der Waals surface area contributed by atoms with E-state index in [1.165, 1.54) is 11.1 Å². The molecule has 0 saturated carbocycles. The van der Waals surface area contributed by atoms with Gasteiger partial charge < -0.3 is 0 Å². The van der Waals surface area contributed by atoms with E-state index in [0.29, 0.717) is 0 Å². The summed E-state index contributed by atoms with van der Waals surface area (Å²) >= 11 is 6.04. The van der Waals surface area contributed by atoms with Crippen LogP contribution in [0.4, 0.5) is 0 Å². The van der Waals surface area contributed by atoms with E-state index in [9.17, 15) is 4.79 Å². The van der Waals surface area contributed by atoms with Gasteiger partial charge in [0.1, 0.15) is 6.29 Å². The van der Waals surface area contributed by atoms with Crippen LogP contribution < -0.4 is 0 Å². The van der Waals surface area contributed by atoms with Crippen molar-refractivity contribution in [3.8, 4) is 0 Å². The highest BCUT2D eigenvalue weighted by Gasteiger charge is 2.25. The average Bonchev–Trinajstić information content (AvgIpc) is 2.36. The Kier molecular flexibility index (Phi) is 5.76. The number of rotatable bonds is 5. The highest BCUT2D eigenvalue weighted by atomic mass is 35.5. The molecular formula is C18H23ClO. The molecule has 0 heterocycles. The number of hydrogen-bond donors (Lipinski definition) is 0. The summed E-state index contributed by atoms with van der Waals surface area (Å²) in [7, 11) is 0. The van der Waals surface area contributed by atoms with Crippen LogP contribution in [0.3, 0.4) is 0 Å². The van der Waals surface area contributed by atoms with Gasteiger partial charge in [0, 0.05) is 10.4 Å². The Labute approximate surface area is 127 Å². The lowest BCUT2D eigenvalue weighted by Gasteiger charge is -2.28. The third-order valence-electron chi connectivity index (χ3n) is 3.47. The largest absolute Gasteiger partial charge is 0.298 e. The average molecular weight is 291 g/mol. The number of carbonyl (C=O) groups is 1. The second-order valence-corrected chi connectivity index (χ2v) is 6.30. The molecule has 1 unspecified atom stereocenters. The lowest BCUT2D eigenvalue weighted by Crippen LogP contribution is -2.20. The van der Waals surface area contributed by atoms with E-state index < -0.39 is 0 Å². The van der Waals surface area contributed by atoms with Crippen LogP contribution in [-0.4, -0.2) is 6.29 Å². The van der Waals surface area contributed by atoms with Crippen molar-refractivity contribution in [1.82, 2.24) is 0 Å². The fourth-order valence-corrected chi connectivity index (χ4v) is 2.69. The number of allylic oxidation sites excluding steroid dienone is 4. The van der Waals surface area contributed by atoms with Gasteiger partial charge in [0.2, 0.25) is 0 Å². The van der Waals surface area contributed by atoms with Crippen LogP contribution in [0.2, 0.25) is 5.02 Å². The van der Waals surface area contributed by atoms with Crippen molar-refractivity contribution < 1.29 is 4.79 Å². The Morgan fingerprint density at radius 1 is 1.30 bits per heavy atom. The zero-order valence-electron chi connectivity index (χ0n) is 13.0. The lowest BCUT2D eigenvalue weighted by atomic mass is 9.76. The Morgan fingerprint density at radius 2 is 1.95 bits per heavy atom. The van der Waals surface area contributed by atoms with Crippen LogP contribution in [0.5, 0.6) is 0 Å². The zero-order chi connectivity index (χ0) is 15.3. The van der Waals surface area contributed by atoms with Crippen molar-refractivity contribution >= 4 is 17.9 Å². The molecule has 0 aliphatic carbocycles. The van der Waals surface area contributed by atoms with Gasteiger partial charge in [0.25, 0.3) is 0 Å². The number of hydrogen-bond acceptors (Lipinski definition) is 1. The summed E-state index contributed by atoms with van der Waals surface area (Å²) in [4.78, 5) is 11.0. The van der Waals surface area contributed by atoms with Crippen molar-refractivity contribution in [1.29, 1.82) is 0 Å². The molecule has 2 heteroatoms. The van der Waals surface area contributed by atoms with Crippen molar-refractivity contribution in [2.75, 3.05) is 0 Å². The van der Waals surface area contributed by atoms with Gasteiger partial charge in [-0.1, -0.05) is 42.3 Å². The van der Waals surface area contributed by atoms with Crippen LogP contribution in [0.1, 0.15) is 45.2 Å². The second kappa shape index (κ2) is 6.90. The summed E-state index contributed by atoms with van der Waals surface area (Å²) in [5, 5.41) is 0.743. The second-order valence-electron chi connectivity index (χ2n) is 5.87. The maximum absolute atomic E-state index is 11.0. The number of halogens is 1. The van der Waals surface area contributed by atoms with Crippen molar-refractivity contribution in [2.24, 2.45) is 0 Å². The summed E-state index contributed by atoms with van der Waals surface area (Å²) in [6, 6.07) is 5.95. The maximum Gasteiger partial charge on any atom is 0.145 e. The van der Waals surface area contributed by atoms with E-state index in [2.05, 4.69) is 45.9 Å². The molecule has 1 rings (SSSR count). The Balaban J connectivity index is 3.36. The molecule has 1 aromatic rings. The number of carbonyl (C=O) groups excluding carboxylic acids is 1. The van der Waals surface area contributed by atoms with Gasteiger partial charge in [0.15, 0.2) is 0 Å². The summed E-state index contributed by atoms with van der Waals surface area (Å²) in [6.45, 7) is 10.2. The quantitative estimate of drug-likeness (QED) is 0.403. The summed E-state index contributed by atoms with van der Waals surface area (Å²) in [6.07, 6.45) is 6.04. The molecule has 1 nitrogen and oxygen atoms in total. The molecule has 0 aromatic heterocycles. The smallest absolute Gasteiger partial charge is 0.145 e. The third-order valence-corrected chi connectivity index (χ3v) is 3.71. The predicted molar refractivity (Wildman–Crippen MR) is 87.4 cm³/mol. The Hall–Kier alpha value is -1.34. The molecule has 0 aliphatic heterocycles. The minimum Gasteiger partial charge on any atom is -0.298 e. The maximum atomic E-state index is 11.0. The highest BCUT2D eigenvalue weighted by Crippen LogP contribution is 2.34. The molecule has 20 heavy (non-hydrogen) atoms. The number of aryl methyl sites for hydroxylation is 1. The molecule has 1 aromatic carbocycles. The topological polar surface area (TPSA) is 17.1 Å². The van der Waals surface area contributed by atoms with Gasteiger partial charge in [-0.15, -0.1) is 0 Å². The van der Waals surface area contributed by atoms with E-state index in [-0.39, 0.29) is 5.41 Å². The predicted octanol–water partition coefficient (Wildman–Crippen LogP) is 5.41. The van der Waals surface area contributed by atoms with E-state index >= 15 is 0 Å². The van der Waals surface area contributed by atoms with Crippen LogP contribution in [0.25, 0.3) is 0 Å². The molecule has 0 fully saturated rings. The first-order chi connectivity index (χ1) is 9.28. The van der Waals surface area contributed by atoms with Gasteiger partial charge in [0.05, 0.1) is 0 Å².